The summed E-state index contributed by atoms with van der Waals surface area (Å²) >= 11 is 1.55. The number of thioether (sulfide) groups is 1. The molecule has 3 N–H and O–H groups in total. The van der Waals surface area contributed by atoms with Crippen LogP contribution < -0.4 is 0 Å². The molecule has 0 amide bonds. The second-order valence-corrected chi connectivity index (χ2v) is 4.52. The number of aliphatic hydroxyl groups excluding tert-OH is 3. The van der Waals surface area contributed by atoms with E-state index in [4.69, 9.17) is 10.2 Å². The van der Waals surface area contributed by atoms with E-state index >= 15 is 0 Å². The van der Waals surface area contributed by atoms with Gasteiger partial charge in [-0.05, 0) is 0 Å². The van der Waals surface area contributed by atoms with Crippen molar-refractivity contribution in [2.24, 2.45) is 5.92 Å². The lowest BCUT2D eigenvalue weighted by molar-refractivity contribution is 0.0683. The molecule has 0 radical (unpaired) electrons. The summed E-state index contributed by atoms with van der Waals surface area (Å²) in [4.78, 5) is 0. The third-order valence-electron chi connectivity index (χ3n) is 2.18. The second kappa shape index (κ2) is 3.76. The fourth-order valence-electron chi connectivity index (χ4n) is 1.43. The highest BCUT2D eigenvalue weighted by atomic mass is 32.2. The average molecular weight is 178 g/mol. The van der Waals surface area contributed by atoms with Crippen LogP contribution in [-0.2, 0) is 0 Å². The molecule has 4 heteroatoms. The molecule has 1 aliphatic heterocycles. The minimum absolute atomic E-state index is 0.00463. The van der Waals surface area contributed by atoms with E-state index < -0.39 is 6.10 Å². The van der Waals surface area contributed by atoms with Gasteiger partial charge in [0.1, 0.15) is 0 Å². The Bertz CT molecular complexity index is 131. The van der Waals surface area contributed by atoms with Gasteiger partial charge in [-0.1, -0.05) is 6.92 Å². The molecule has 0 aliphatic carbocycles. The van der Waals surface area contributed by atoms with Gasteiger partial charge in [0.15, 0.2) is 0 Å². The van der Waals surface area contributed by atoms with Crippen LogP contribution in [0.4, 0.5) is 0 Å². The molecule has 0 aromatic rings. The van der Waals surface area contributed by atoms with E-state index in [-0.39, 0.29) is 29.6 Å². The first-order valence-corrected chi connectivity index (χ1v) is 4.70. The smallest absolute Gasteiger partial charge is 0.0717 e. The van der Waals surface area contributed by atoms with Gasteiger partial charge in [0.05, 0.1) is 12.7 Å². The number of hydrogen-bond acceptors (Lipinski definition) is 4. The van der Waals surface area contributed by atoms with Crippen molar-refractivity contribution in [3.8, 4) is 0 Å². The summed E-state index contributed by atoms with van der Waals surface area (Å²) in [5, 5.41) is 27.3. The summed E-state index contributed by atoms with van der Waals surface area (Å²) in [5.74, 6) is -0.153. The van der Waals surface area contributed by atoms with Gasteiger partial charge in [-0.3, -0.25) is 0 Å². The molecular weight excluding hydrogens is 164 g/mol. The zero-order valence-electron chi connectivity index (χ0n) is 6.47. The predicted molar refractivity (Wildman–Crippen MR) is 44.5 cm³/mol. The Kier molecular flexibility index (Phi) is 3.18. The molecule has 4 atom stereocenters. The van der Waals surface area contributed by atoms with Gasteiger partial charge < -0.3 is 15.3 Å². The first-order chi connectivity index (χ1) is 5.20. The van der Waals surface area contributed by atoms with Gasteiger partial charge in [0.25, 0.3) is 0 Å². The van der Waals surface area contributed by atoms with Crippen LogP contribution in [0.25, 0.3) is 0 Å². The van der Waals surface area contributed by atoms with Gasteiger partial charge in [0.2, 0.25) is 0 Å². The summed E-state index contributed by atoms with van der Waals surface area (Å²) in [6.07, 6.45) is -0.470. The van der Waals surface area contributed by atoms with E-state index in [1.807, 2.05) is 6.92 Å². The van der Waals surface area contributed by atoms with Crippen LogP contribution in [0, 0.1) is 5.92 Å². The van der Waals surface area contributed by atoms with Gasteiger partial charge in [-0.25, -0.2) is 0 Å². The van der Waals surface area contributed by atoms with Crippen molar-refractivity contribution in [1.82, 2.24) is 0 Å². The van der Waals surface area contributed by atoms with Crippen LogP contribution in [0.15, 0.2) is 0 Å². The monoisotopic (exact) mass is 178 g/mol. The highest BCUT2D eigenvalue weighted by Crippen LogP contribution is 2.37. The molecule has 0 bridgehead atoms. The van der Waals surface area contributed by atoms with Gasteiger partial charge >= 0.3 is 0 Å². The van der Waals surface area contributed by atoms with Crippen molar-refractivity contribution in [2.75, 3.05) is 13.2 Å². The van der Waals surface area contributed by atoms with E-state index in [2.05, 4.69) is 0 Å². The molecule has 1 aliphatic rings. The van der Waals surface area contributed by atoms with Crippen LogP contribution in [0.1, 0.15) is 6.92 Å². The quantitative estimate of drug-likeness (QED) is 0.531. The molecular formula is C7H14O3S. The lowest BCUT2D eigenvalue weighted by Crippen LogP contribution is -2.30. The van der Waals surface area contributed by atoms with Gasteiger partial charge in [-0.2, -0.15) is 0 Å². The highest BCUT2D eigenvalue weighted by Gasteiger charge is 2.39. The van der Waals surface area contributed by atoms with Gasteiger partial charge in [0, 0.05) is 23.0 Å². The molecule has 1 saturated heterocycles. The second-order valence-electron chi connectivity index (χ2n) is 2.90. The molecule has 11 heavy (non-hydrogen) atoms. The Balaban J connectivity index is 2.57. The highest BCUT2D eigenvalue weighted by molar-refractivity contribution is 8.00. The lowest BCUT2D eigenvalue weighted by Gasteiger charge is -2.16. The van der Waals surface area contributed by atoms with Crippen molar-refractivity contribution in [3.63, 3.8) is 0 Å². The summed E-state index contributed by atoms with van der Waals surface area (Å²) in [5.41, 5.74) is 0. The average Bonchev–Trinajstić information content (AvgIpc) is 2.28. The fraction of sp³-hybridized carbons (Fsp3) is 1.00. The maximum Gasteiger partial charge on any atom is 0.0717 e. The van der Waals surface area contributed by atoms with Crippen molar-refractivity contribution in [1.29, 1.82) is 0 Å². The van der Waals surface area contributed by atoms with Crippen LogP contribution in [-0.4, -0.2) is 45.1 Å². The van der Waals surface area contributed by atoms with Crippen LogP contribution in [0.3, 0.4) is 0 Å². The Morgan fingerprint density at radius 3 is 2.27 bits per heavy atom. The van der Waals surface area contributed by atoms with E-state index in [0.29, 0.717) is 0 Å². The molecule has 66 valence electrons. The molecule has 0 saturated carbocycles. The predicted octanol–water partition coefficient (Wildman–Crippen LogP) is -0.548. The molecule has 1 fully saturated rings. The fourth-order valence-corrected chi connectivity index (χ4v) is 2.88. The largest absolute Gasteiger partial charge is 0.396 e. The zero-order chi connectivity index (χ0) is 8.43. The first kappa shape index (κ1) is 9.32. The molecule has 1 rings (SSSR count). The lowest BCUT2D eigenvalue weighted by atomic mass is 9.98. The Morgan fingerprint density at radius 2 is 1.91 bits per heavy atom. The molecule has 0 unspecified atom stereocenters. The van der Waals surface area contributed by atoms with Crippen molar-refractivity contribution < 1.29 is 15.3 Å². The summed E-state index contributed by atoms with van der Waals surface area (Å²) < 4.78 is 0. The minimum Gasteiger partial charge on any atom is -0.396 e. The van der Waals surface area contributed by atoms with E-state index in [1.54, 1.807) is 11.8 Å². The minimum atomic E-state index is -0.470. The Labute approximate surface area is 70.4 Å². The summed E-state index contributed by atoms with van der Waals surface area (Å²) in [7, 11) is 0. The maximum absolute atomic E-state index is 9.47. The molecule has 0 aromatic carbocycles. The van der Waals surface area contributed by atoms with Crippen molar-refractivity contribution in [3.05, 3.63) is 0 Å². The zero-order valence-corrected chi connectivity index (χ0v) is 7.29. The third kappa shape index (κ3) is 1.69. The summed E-state index contributed by atoms with van der Waals surface area (Å²) in [6, 6.07) is 0. The number of rotatable bonds is 2. The van der Waals surface area contributed by atoms with Crippen molar-refractivity contribution >= 4 is 11.8 Å². The molecule has 1 heterocycles. The maximum atomic E-state index is 9.47. The normalized spacial score (nSPS) is 44.7. The Hall–Kier alpha value is 0.230. The van der Waals surface area contributed by atoms with E-state index in [9.17, 15) is 5.11 Å². The molecule has 3 nitrogen and oxygen atoms in total. The standard InChI is InChI=1S/C7H14O3S/c1-4-7(10)5(2-8)6(3-9)11-4/h4-10H,2-3H2,1H3/t4-,5+,6+,7-/m0/s1. The molecule has 0 aromatic heterocycles. The Morgan fingerprint density at radius 1 is 1.27 bits per heavy atom. The van der Waals surface area contributed by atoms with Crippen LogP contribution >= 0.6 is 11.8 Å². The summed E-state index contributed by atoms with van der Waals surface area (Å²) in [6.45, 7) is 1.91. The van der Waals surface area contributed by atoms with Crippen molar-refractivity contribution in [2.45, 2.75) is 23.5 Å². The van der Waals surface area contributed by atoms with Crippen LogP contribution in [0.5, 0.6) is 0 Å². The third-order valence-corrected chi connectivity index (χ3v) is 3.73. The first-order valence-electron chi connectivity index (χ1n) is 3.76. The topological polar surface area (TPSA) is 60.7 Å². The van der Waals surface area contributed by atoms with E-state index in [0.717, 1.165) is 0 Å². The van der Waals surface area contributed by atoms with E-state index in [1.165, 1.54) is 0 Å². The number of hydrogen-bond donors (Lipinski definition) is 3. The van der Waals surface area contributed by atoms with Crippen LogP contribution in [0.2, 0.25) is 0 Å². The molecule has 0 spiro atoms. The number of aliphatic hydroxyl groups is 3. The SMILES string of the molecule is C[C@@H]1S[C@H](CO)[C@@H](CO)[C@H]1O. The van der Waals surface area contributed by atoms with Gasteiger partial charge in [-0.15, -0.1) is 11.8 Å².